The van der Waals surface area contributed by atoms with Crippen LogP contribution in [0.1, 0.15) is 23.0 Å². The SMILES string of the molecule is CCOc1cc(C=NNc2nc3ccccc3s2)ccc1OC(=O)c1ccco1. The summed E-state index contributed by atoms with van der Waals surface area (Å²) in [5.41, 5.74) is 4.64. The normalized spacial score (nSPS) is 11.1. The smallest absolute Gasteiger partial charge is 0.379 e. The molecule has 2 aromatic heterocycles. The van der Waals surface area contributed by atoms with E-state index < -0.39 is 5.97 Å². The zero-order valence-corrected chi connectivity index (χ0v) is 16.3. The molecule has 0 aliphatic rings. The number of esters is 1. The second-order valence-electron chi connectivity index (χ2n) is 5.86. The molecular weight excluding hydrogens is 390 g/mol. The Morgan fingerprint density at radius 3 is 2.90 bits per heavy atom. The minimum Gasteiger partial charge on any atom is -0.490 e. The van der Waals surface area contributed by atoms with Gasteiger partial charge in [0.25, 0.3) is 0 Å². The molecule has 2 aromatic carbocycles. The van der Waals surface area contributed by atoms with Crippen molar-refractivity contribution >= 4 is 38.9 Å². The second-order valence-corrected chi connectivity index (χ2v) is 6.89. The number of para-hydroxylation sites is 1. The maximum absolute atomic E-state index is 12.1. The minimum absolute atomic E-state index is 0.123. The van der Waals surface area contributed by atoms with E-state index in [9.17, 15) is 4.79 Å². The Balaban J connectivity index is 1.47. The summed E-state index contributed by atoms with van der Waals surface area (Å²) < 4.78 is 17.1. The number of fused-ring (bicyclic) bond motifs is 1. The fraction of sp³-hybridized carbons (Fsp3) is 0.0952. The van der Waals surface area contributed by atoms with E-state index in [0.29, 0.717) is 23.2 Å². The number of benzene rings is 2. The van der Waals surface area contributed by atoms with Gasteiger partial charge in [0.2, 0.25) is 10.9 Å². The summed E-state index contributed by atoms with van der Waals surface area (Å²) in [4.78, 5) is 16.6. The van der Waals surface area contributed by atoms with Gasteiger partial charge in [-0.2, -0.15) is 5.10 Å². The van der Waals surface area contributed by atoms with Crippen LogP contribution in [0.2, 0.25) is 0 Å². The van der Waals surface area contributed by atoms with Crippen molar-refractivity contribution in [3.63, 3.8) is 0 Å². The number of thiazole rings is 1. The summed E-state index contributed by atoms with van der Waals surface area (Å²) in [5, 5.41) is 4.94. The van der Waals surface area contributed by atoms with Crippen molar-refractivity contribution in [2.24, 2.45) is 5.10 Å². The van der Waals surface area contributed by atoms with Gasteiger partial charge in [0.15, 0.2) is 11.5 Å². The summed E-state index contributed by atoms with van der Waals surface area (Å²) in [6.07, 6.45) is 3.06. The van der Waals surface area contributed by atoms with E-state index >= 15 is 0 Å². The van der Waals surface area contributed by atoms with Crippen molar-refractivity contribution < 1.29 is 18.7 Å². The van der Waals surface area contributed by atoms with Crippen LogP contribution >= 0.6 is 11.3 Å². The van der Waals surface area contributed by atoms with Crippen molar-refractivity contribution in [2.45, 2.75) is 6.92 Å². The molecule has 0 aliphatic heterocycles. The molecule has 0 aliphatic carbocycles. The van der Waals surface area contributed by atoms with Crippen LogP contribution in [0.3, 0.4) is 0 Å². The maximum atomic E-state index is 12.1. The molecule has 0 spiro atoms. The first-order valence-electron chi connectivity index (χ1n) is 8.90. The zero-order valence-electron chi connectivity index (χ0n) is 15.5. The van der Waals surface area contributed by atoms with Crippen molar-refractivity contribution in [3.05, 3.63) is 72.2 Å². The van der Waals surface area contributed by atoms with Crippen molar-refractivity contribution in [3.8, 4) is 11.5 Å². The van der Waals surface area contributed by atoms with Crippen LogP contribution in [0.4, 0.5) is 5.13 Å². The summed E-state index contributed by atoms with van der Waals surface area (Å²) in [7, 11) is 0. The topological polar surface area (TPSA) is 86.0 Å². The van der Waals surface area contributed by atoms with Crippen molar-refractivity contribution in [1.82, 2.24) is 4.98 Å². The summed E-state index contributed by atoms with van der Waals surface area (Å²) >= 11 is 1.52. The molecule has 1 N–H and O–H groups in total. The van der Waals surface area contributed by atoms with E-state index in [1.54, 1.807) is 30.5 Å². The fourth-order valence-corrected chi connectivity index (χ4v) is 3.40. The lowest BCUT2D eigenvalue weighted by molar-refractivity contribution is 0.0695. The molecule has 0 unspecified atom stereocenters. The van der Waals surface area contributed by atoms with Gasteiger partial charge >= 0.3 is 5.97 Å². The quantitative estimate of drug-likeness (QED) is 0.202. The number of nitrogens with one attached hydrogen (secondary N) is 1. The first kappa shape index (κ1) is 18.7. The van der Waals surface area contributed by atoms with Crippen LogP contribution in [0, 0.1) is 0 Å². The van der Waals surface area contributed by atoms with Gasteiger partial charge < -0.3 is 13.9 Å². The molecule has 4 aromatic rings. The lowest BCUT2D eigenvalue weighted by atomic mass is 10.2. The van der Waals surface area contributed by atoms with Gasteiger partial charge in [-0.05, 0) is 55.0 Å². The number of hydrogen-bond acceptors (Lipinski definition) is 8. The van der Waals surface area contributed by atoms with E-state index in [0.717, 1.165) is 15.8 Å². The highest BCUT2D eigenvalue weighted by molar-refractivity contribution is 7.22. The Morgan fingerprint density at radius 1 is 1.21 bits per heavy atom. The number of carbonyl (C=O) groups excluding carboxylic acids is 1. The predicted octanol–water partition coefficient (Wildman–Crippen LogP) is 4.95. The molecule has 146 valence electrons. The summed E-state index contributed by atoms with van der Waals surface area (Å²) in [6, 6.07) is 16.2. The molecule has 7 nitrogen and oxygen atoms in total. The van der Waals surface area contributed by atoms with Crippen LogP contribution < -0.4 is 14.9 Å². The highest BCUT2D eigenvalue weighted by Gasteiger charge is 2.15. The number of rotatable bonds is 7. The highest BCUT2D eigenvalue weighted by Crippen LogP contribution is 2.29. The first-order valence-corrected chi connectivity index (χ1v) is 9.72. The third kappa shape index (κ3) is 4.44. The zero-order chi connectivity index (χ0) is 20.1. The largest absolute Gasteiger partial charge is 0.490 e. The molecular formula is C21H17N3O4S. The average Bonchev–Trinajstić information content (AvgIpc) is 3.39. The van der Waals surface area contributed by atoms with Gasteiger partial charge in [0.1, 0.15) is 0 Å². The van der Waals surface area contributed by atoms with E-state index in [2.05, 4.69) is 15.5 Å². The van der Waals surface area contributed by atoms with Gasteiger partial charge in [-0.15, -0.1) is 0 Å². The molecule has 2 heterocycles. The molecule has 0 radical (unpaired) electrons. The van der Waals surface area contributed by atoms with Crippen LogP contribution in [-0.4, -0.2) is 23.8 Å². The number of hydrazone groups is 1. The van der Waals surface area contributed by atoms with E-state index in [-0.39, 0.29) is 5.76 Å². The second kappa shape index (κ2) is 8.57. The Morgan fingerprint density at radius 2 is 2.10 bits per heavy atom. The lowest BCUT2D eigenvalue weighted by Gasteiger charge is -2.10. The maximum Gasteiger partial charge on any atom is 0.379 e. The summed E-state index contributed by atoms with van der Waals surface area (Å²) in [6.45, 7) is 2.28. The van der Waals surface area contributed by atoms with Crippen LogP contribution in [0.25, 0.3) is 10.2 Å². The average molecular weight is 407 g/mol. The number of nitrogens with zero attached hydrogens (tertiary/aromatic N) is 2. The number of hydrogen-bond donors (Lipinski definition) is 1. The number of carbonyl (C=O) groups is 1. The van der Waals surface area contributed by atoms with Crippen LogP contribution in [0.15, 0.2) is 70.4 Å². The molecule has 0 saturated carbocycles. The highest BCUT2D eigenvalue weighted by atomic mass is 32.1. The Bertz CT molecular complexity index is 1120. The molecule has 0 fully saturated rings. The number of aromatic nitrogens is 1. The van der Waals surface area contributed by atoms with Gasteiger partial charge in [-0.1, -0.05) is 23.5 Å². The number of ether oxygens (including phenoxy) is 2. The van der Waals surface area contributed by atoms with Crippen LogP contribution in [0.5, 0.6) is 11.5 Å². The molecule has 0 atom stereocenters. The van der Waals surface area contributed by atoms with E-state index in [1.807, 2.05) is 31.2 Å². The van der Waals surface area contributed by atoms with E-state index in [4.69, 9.17) is 13.9 Å². The standard InChI is InChI=1S/C21H17N3O4S/c1-2-26-18-12-14(9-10-16(18)28-20(25)17-7-5-11-27-17)13-22-24-21-23-15-6-3-4-8-19(15)29-21/h3-13H,2H2,1H3,(H,23,24). The van der Waals surface area contributed by atoms with Gasteiger partial charge in [-0.3, -0.25) is 5.43 Å². The Labute approximate surface area is 170 Å². The first-order chi connectivity index (χ1) is 14.2. The molecule has 0 saturated heterocycles. The van der Waals surface area contributed by atoms with E-state index in [1.165, 1.54) is 23.7 Å². The molecule has 4 rings (SSSR count). The molecule has 8 heteroatoms. The third-order valence-corrected chi connectivity index (χ3v) is 4.80. The third-order valence-electron chi connectivity index (χ3n) is 3.86. The van der Waals surface area contributed by atoms with Crippen molar-refractivity contribution in [1.29, 1.82) is 0 Å². The number of furan rings is 1. The Hall–Kier alpha value is -3.65. The van der Waals surface area contributed by atoms with Crippen LogP contribution in [-0.2, 0) is 0 Å². The predicted molar refractivity (Wildman–Crippen MR) is 112 cm³/mol. The monoisotopic (exact) mass is 407 g/mol. The minimum atomic E-state index is -0.588. The van der Waals surface area contributed by atoms with Crippen molar-refractivity contribution in [2.75, 3.05) is 12.0 Å². The Kier molecular flexibility index (Phi) is 5.53. The molecule has 0 bridgehead atoms. The summed E-state index contributed by atoms with van der Waals surface area (Å²) in [5.74, 6) is 0.286. The number of anilines is 1. The molecule has 0 amide bonds. The van der Waals surface area contributed by atoms with Gasteiger partial charge in [-0.25, -0.2) is 9.78 Å². The van der Waals surface area contributed by atoms with Gasteiger partial charge in [0, 0.05) is 0 Å². The fourth-order valence-electron chi connectivity index (χ4n) is 2.58. The lowest BCUT2D eigenvalue weighted by Crippen LogP contribution is -2.09. The van der Waals surface area contributed by atoms with Gasteiger partial charge in [0.05, 0.1) is 29.3 Å². The molecule has 29 heavy (non-hydrogen) atoms.